The summed E-state index contributed by atoms with van der Waals surface area (Å²) < 4.78 is 0. The molecule has 0 bridgehead atoms. The lowest BCUT2D eigenvalue weighted by Crippen LogP contribution is -2.37. The van der Waals surface area contributed by atoms with Gasteiger partial charge in [-0.3, -0.25) is 0 Å². The van der Waals surface area contributed by atoms with Crippen LogP contribution in [0, 0.1) is 26.2 Å². The van der Waals surface area contributed by atoms with Crippen molar-refractivity contribution in [3.8, 4) is 0 Å². The third-order valence-electron chi connectivity index (χ3n) is 4.62. The third kappa shape index (κ3) is 2.77. The predicted molar refractivity (Wildman–Crippen MR) is 78.9 cm³/mol. The van der Waals surface area contributed by atoms with Crippen molar-refractivity contribution in [3.05, 3.63) is 34.4 Å². The zero-order valence-electron chi connectivity index (χ0n) is 12.6. The van der Waals surface area contributed by atoms with E-state index in [1.165, 1.54) is 41.5 Å². The topological polar surface area (TPSA) is 12.0 Å². The lowest BCUT2D eigenvalue weighted by molar-refractivity contribution is 0.282. The number of nitrogens with one attached hydrogen (secondary N) is 1. The van der Waals surface area contributed by atoms with Gasteiger partial charge in [-0.25, -0.2) is 0 Å². The van der Waals surface area contributed by atoms with Gasteiger partial charge in [-0.1, -0.05) is 38.0 Å². The summed E-state index contributed by atoms with van der Waals surface area (Å²) in [6, 6.07) is 5.27. The average Bonchev–Trinajstić information content (AvgIpc) is 2.56. The second-order valence-corrected chi connectivity index (χ2v) is 6.69. The Labute approximate surface area is 112 Å². The zero-order chi connectivity index (χ0) is 13.3. The molecule has 1 aromatic carbocycles. The van der Waals surface area contributed by atoms with Crippen molar-refractivity contribution < 1.29 is 0 Å². The van der Waals surface area contributed by atoms with Crippen LogP contribution in [0.3, 0.4) is 0 Å². The van der Waals surface area contributed by atoms with Gasteiger partial charge in [0.05, 0.1) is 0 Å². The Morgan fingerprint density at radius 3 is 2.28 bits per heavy atom. The first-order valence-corrected chi connectivity index (χ1v) is 7.20. The van der Waals surface area contributed by atoms with Crippen LogP contribution in [-0.2, 0) is 6.54 Å². The fourth-order valence-electron chi connectivity index (χ4n) is 3.42. The maximum absolute atomic E-state index is 3.79. The van der Waals surface area contributed by atoms with E-state index < -0.39 is 0 Å². The van der Waals surface area contributed by atoms with Crippen molar-refractivity contribution in [2.24, 2.45) is 5.41 Å². The quantitative estimate of drug-likeness (QED) is 0.838. The van der Waals surface area contributed by atoms with E-state index in [4.69, 9.17) is 0 Å². The van der Waals surface area contributed by atoms with Gasteiger partial charge in [0.1, 0.15) is 0 Å². The average molecular weight is 245 g/mol. The predicted octanol–water partition coefficient (Wildman–Crippen LogP) is 4.28. The molecule has 1 aliphatic rings. The Balaban J connectivity index is 2.07. The van der Waals surface area contributed by atoms with Gasteiger partial charge in [-0.2, -0.15) is 0 Å². The molecule has 1 unspecified atom stereocenters. The van der Waals surface area contributed by atoms with Gasteiger partial charge in [0.15, 0.2) is 0 Å². The van der Waals surface area contributed by atoms with Crippen LogP contribution in [0.25, 0.3) is 0 Å². The highest BCUT2D eigenvalue weighted by molar-refractivity contribution is 5.37. The Morgan fingerprint density at radius 2 is 1.78 bits per heavy atom. The zero-order valence-corrected chi connectivity index (χ0v) is 12.6. The van der Waals surface area contributed by atoms with Gasteiger partial charge in [0.2, 0.25) is 0 Å². The third-order valence-corrected chi connectivity index (χ3v) is 4.62. The SMILES string of the molecule is Cc1cc(C)c(CNC2CCCC2(C)C)c(C)c1. The molecule has 18 heavy (non-hydrogen) atoms. The minimum atomic E-state index is 0.465. The van der Waals surface area contributed by atoms with E-state index in [0.717, 1.165) is 6.54 Å². The number of hydrogen-bond donors (Lipinski definition) is 1. The molecule has 0 radical (unpaired) electrons. The van der Waals surface area contributed by atoms with Crippen LogP contribution < -0.4 is 5.32 Å². The molecule has 0 aliphatic heterocycles. The standard InChI is InChI=1S/C17H27N/c1-12-9-13(2)15(14(3)10-12)11-18-16-7-6-8-17(16,4)5/h9-10,16,18H,6-8,11H2,1-5H3. The molecule has 1 fully saturated rings. The molecular formula is C17H27N. The molecule has 1 N–H and O–H groups in total. The van der Waals surface area contributed by atoms with Gasteiger partial charge in [-0.05, 0) is 55.7 Å². The molecule has 0 heterocycles. The molecule has 0 spiro atoms. The number of rotatable bonds is 3. The van der Waals surface area contributed by atoms with Crippen LogP contribution in [0.2, 0.25) is 0 Å². The van der Waals surface area contributed by atoms with E-state index >= 15 is 0 Å². The minimum Gasteiger partial charge on any atom is -0.309 e. The second kappa shape index (κ2) is 5.05. The van der Waals surface area contributed by atoms with Crippen LogP contribution >= 0.6 is 0 Å². The van der Waals surface area contributed by atoms with E-state index in [1.54, 1.807) is 0 Å². The summed E-state index contributed by atoms with van der Waals surface area (Å²) in [7, 11) is 0. The number of aryl methyl sites for hydroxylation is 3. The highest BCUT2D eigenvalue weighted by atomic mass is 14.9. The molecular weight excluding hydrogens is 218 g/mol. The summed E-state index contributed by atoms with van der Waals surface area (Å²) in [4.78, 5) is 0. The molecule has 0 saturated heterocycles. The second-order valence-electron chi connectivity index (χ2n) is 6.69. The van der Waals surface area contributed by atoms with Gasteiger partial charge >= 0.3 is 0 Å². The van der Waals surface area contributed by atoms with Crippen LogP contribution in [0.5, 0.6) is 0 Å². The van der Waals surface area contributed by atoms with E-state index in [-0.39, 0.29) is 0 Å². The van der Waals surface area contributed by atoms with Crippen molar-refractivity contribution in [2.45, 2.75) is 66.5 Å². The monoisotopic (exact) mass is 245 g/mol. The molecule has 1 heteroatoms. The fraction of sp³-hybridized carbons (Fsp3) is 0.647. The summed E-state index contributed by atoms with van der Waals surface area (Å²) in [5.41, 5.74) is 6.18. The normalized spacial score (nSPS) is 22.4. The highest BCUT2D eigenvalue weighted by Gasteiger charge is 2.33. The molecule has 1 nitrogen and oxygen atoms in total. The van der Waals surface area contributed by atoms with Gasteiger partial charge in [0.25, 0.3) is 0 Å². The van der Waals surface area contributed by atoms with Gasteiger partial charge in [-0.15, -0.1) is 0 Å². The lowest BCUT2D eigenvalue weighted by Gasteiger charge is -2.28. The minimum absolute atomic E-state index is 0.465. The molecule has 0 amide bonds. The first-order chi connectivity index (χ1) is 8.40. The first kappa shape index (κ1) is 13.6. The molecule has 1 aliphatic carbocycles. The van der Waals surface area contributed by atoms with E-state index in [1.807, 2.05) is 0 Å². The molecule has 1 saturated carbocycles. The Morgan fingerprint density at radius 1 is 1.17 bits per heavy atom. The van der Waals surface area contributed by atoms with Crippen molar-refractivity contribution in [1.82, 2.24) is 5.32 Å². The Bertz CT molecular complexity index is 408. The van der Waals surface area contributed by atoms with Crippen LogP contribution in [0.15, 0.2) is 12.1 Å². The van der Waals surface area contributed by atoms with Crippen LogP contribution in [0.4, 0.5) is 0 Å². The lowest BCUT2D eigenvalue weighted by atomic mass is 9.87. The van der Waals surface area contributed by atoms with Gasteiger partial charge in [0, 0.05) is 12.6 Å². The largest absolute Gasteiger partial charge is 0.309 e. The summed E-state index contributed by atoms with van der Waals surface area (Å²) in [5, 5.41) is 3.79. The van der Waals surface area contributed by atoms with Crippen molar-refractivity contribution in [2.75, 3.05) is 0 Å². The highest BCUT2D eigenvalue weighted by Crippen LogP contribution is 2.37. The Kier molecular flexibility index (Phi) is 3.82. The van der Waals surface area contributed by atoms with E-state index in [2.05, 4.69) is 52.1 Å². The van der Waals surface area contributed by atoms with E-state index in [0.29, 0.717) is 11.5 Å². The molecule has 0 aromatic heterocycles. The smallest absolute Gasteiger partial charge is 0.0213 e. The number of benzene rings is 1. The summed E-state index contributed by atoms with van der Waals surface area (Å²) in [6.07, 6.45) is 4.06. The molecule has 1 aromatic rings. The molecule has 2 rings (SSSR count). The van der Waals surface area contributed by atoms with E-state index in [9.17, 15) is 0 Å². The summed E-state index contributed by atoms with van der Waals surface area (Å²) in [5.74, 6) is 0. The van der Waals surface area contributed by atoms with Crippen LogP contribution in [-0.4, -0.2) is 6.04 Å². The van der Waals surface area contributed by atoms with Crippen molar-refractivity contribution in [1.29, 1.82) is 0 Å². The maximum atomic E-state index is 3.79. The molecule has 100 valence electrons. The fourth-order valence-corrected chi connectivity index (χ4v) is 3.42. The van der Waals surface area contributed by atoms with Crippen molar-refractivity contribution >= 4 is 0 Å². The molecule has 1 atom stereocenters. The Hall–Kier alpha value is -0.820. The van der Waals surface area contributed by atoms with Crippen LogP contribution in [0.1, 0.15) is 55.4 Å². The first-order valence-electron chi connectivity index (χ1n) is 7.20. The van der Waals surface area contributed by atoms with Gasteiger partial charge < -0.3 is 5.32 Å². The van der Waals surface area contributed by atoms with Crippen molar-refractivity contribution in [3.63, 3.8) is 0 Å². The summed E-state index contributed by atoms with van der Waals surface area (Å²) in [6.45, 7) is 12.5. The maximum Gasteiger partial charge on any atom is 0.0213 e. The number of hydrogen-bond acceptors (Lipinski definition) is 1. The summed E-state index contributed by atoms with van der Waals surface area (Å²) >= 11 is 0.